The molecule has 0 heterocycles. The first kappa shape index (κ1) is 14.1. The monoisotopic (exact) mass is 254 g/mol. The van der Waals surface area contributed by atoms with Gasteiger partial charge in [0.15, 0.2) is 6.10 Å². The van der Waals surface area contributed by atoms with E-state index in [4.69, 9.17) is 10.2 Å². The minimum atomic E-state index is -1.73. The lowest BCUT2D eigenvalue weighted by atomic mass is 9.95. The normalized spacial score (nSPS) is 12.1. The van der Waals surface area contributed by atoms with Crippen LogP contribution in [0, 0.1) is 0 Å². The third-order valence-electron chi connectivity index (χ3n) is 2.60. The van der Waals surface area contributed by atoms with Crippen LogP contribution in [-0.4, -0.2) is 32.4 Å². The number of hydrogen-bond donors (Lipinski definition) is 4. The Morgan fingerprint density at radius 2 is 1.89 bits per heavy atom. The number of aliphatic hydroxyl groups excluding tert-OH is 2. The lowest BCUT2D eigenvalue weighted by Gasteiger charge is -2.14. The fourth-order valence-corrected chi connectivity index (χ4v) is 1.71. The molecule has 0 spiro atoms. The molecule has 18 heavy (non-hydrogen) atoms. The zero-order valence-electron chi connectivity index (χ0n) is 9.54. The number of carbonyl (C=O) groups is 2. The van der Waals surface area contributed by atoms with Gasteiger partial charge in [-0.05, 0) is 23.1 Å². The van der Waals surface area contributed by atoms with Gasteiger partial charge in [-0.15, -0.1) is 0 Å². The van der Waals surface area contributed by atoms with Crippen LogP contribution in [0.15, 0.2) is 18.2 Å². The van der Waals surface area contributed by atoms with Gasteiger partial charge in [-0.1, -0.05) is 18.2 Å². The van der Waals surface area contributed by atoms with Crippen molar-refractivity contribution in [1.82, 2.24) is 0 Å². The summed E-state index contributed by atoms with van der Waals surface area (Å²) in [5, 5.41) is 36.1. The Bertz CT molecular complexity index is 454. The summed E-state index contributed by atoms with van der Waals surface area (Å²) < 4.78 is 0. The molecule has 1 atom stereocenters. The van der Waals surface area contributed by atoms with E-state index in [2.05, 4.69) is 0 Å². The Balaban J connectivity index is 3.09. The second-order valence-corrected chi connectivity index (χ2v) is 3.78. The molecule has 1 unspecified atom stereocenters. The average molecular weight is 254 g/mol. The first-order valence-electron chi connectivity index (χ1n) is 5.31. The largest absolute Gasteiger partial charge is 0.481 e. The minimum Gasteiger partial charge on any atom is -0.481 e. The molecule has 0 saturated carbocycles. The second kappa shape index (κ2) is 6.13. The maximum atomic E-state index is 10.7. The van der Waals surface area contributed by atoms with Crippen LogP contribution in [0.5, 0.6) is 0 Å². The van der Waals surface area contributed by atoms with Crippen molar-refractivity contribution >= 4 is 11.9 Å². The van der Waals surface area contributed by atoms with Gasteiger partial charge in [-0.2, -0.15) is 0 Å². The first-order chi connectivity index (χ1) is 8.47. The zero-order chi connectivity index (χ0) is 13.7. The average Bonchev–Trinajstić information content (AvgIpc) is 2.34. The van der Waals surface area contributed by atoms with Crippen LogP contribution in [0.4, 0.5) is 0 Å². The molecule has 6 nitrogen and oxygen atoms in total. The van der Waals surface area contributed by atoms with E-state index < -0.39 is 24.6 Å². The predicted octanol–water partition coefficient (Wildman–Crippen LogP) is 0.314. The minimum absolute atomic E-state index is 0.0906. The van der Waals surface area contributed by atoms with E-state index in [1.807, 2.05) is 0 Å². The molecule has 0 aromatic heterocycles. The Kier molecular flexibility index (Phi) is 4.82. The molecule has 0 radical (unpaired) electrons. The van der Waals surface area contributed by atoms with Crippen molar-refractivity contribution in [2.24, 2.45) is 0 Å². The van der Waals surface area contributed by atoms with E-state index in [0.717, 1.165) is 0 Å². The fraction of sp³-hybridized carbons (Fsp3) is 0.333. The van der Waals surface area contributed by atoms with Crippen molar-refractivity contribution in [3.05, 3.63) is 34.9 Å². The molecule has 0 amide bonds. The molecule has 1 aromatic rings. The highest BCUT2D eigenvalue weighted by molar-refractivity contribution is 5.75. The number of aryl methyl sites for hydroxylation is 1. The highest BCUT2D eigenvalue weighted by Crippen LogP contribution is 2.23. The third kappa shape index (κ3) is 3.28. The Hall–Kier alpha value is -1.92. The van der Waals surface area contributed by atoms with Crippen molar-refractivity contribution in [2.75, 3.05) is 0 Å². The van der Waals surface area contributed by atoms with Gasteiger partial charge < -0.3 is 20.4 Å². The van der Waals surface area contributed by atoms with E-state index >= 15 is 0 Å². The predicted molar refractivity (Wildman–Crippen MR) is 60.9 cm³/mol. The van der Waals surface area contributed by atoms with Crippen LogP contribution in [0.1, 0.15) is 29.2 Å². The zero-order valence-corrected chi connectivity index (χ0v) is 9.54. The van der Waals surface area contributed by atoms with Gasteiger partial charge in [0.05, 0.1) is 6.61 Å². The van der Waals surface area contributed by atoms with Gasteiger partial charge in [0.25, 0.3) is 0 Å². The molecule has 0 aliphatic carbocycles. The molecule has 1 aromatic carbocycles. The molecule has 4 N–H and O–H groups in total. The van der Waals surface area contributed by atoms with Crippen molar-refractivity contribution in [2.45, 2.75) is 25.6 Å². The Morgan fingerprint density at radius 3 is 2.39 bits per heavy atom. The third-order valence-corrected chi connectivity index (χ3v) is 2.60. The molecule has 0 aliphatic heterocycles. The van der Waals surface area contributed by atoms with E-state index in [-0.39, 0.29) is 24.0 Å². The number of hydrogen-bond acceptors (Lipinski definition) is 4. The molecular weight excluding hydrogens is 240 g/mol. The SMILES string of the molecule is O=C(O)CCc1cccc(C(O)C(=O)O)c1CO. The highest BCUT2D eigenvalue weighted by Gasteiger charge is 2.20. The summed E-state index contributed by atoms with van der Waals surface area (Å²) in [6.45, 7) is -0.449. The standard InChI is InChI=1S/C12H14O6/c13-6-9-7(4-5-10(14)15)2-1-3-8(9)11(16)12(17)18/h1-3,11,13,16H,4-6H2,(H,14,15)(H,17,18). The van der Waals surface area contributed by atoms with Crippen LogP contribution in [0.3, 0.4) is 0 Å². The van der Waals surface area contributed by atoms with Crippen LogP contribution < -0.4 is 0 Å². The molecule has 0 saturated heterocycles. The highest BCUT2D eigenvalue weighted by atomic mass is 16.4. The van der Waals surface area contributed by atoms with Gasteiger partial charge in [-0.3, -0.25) is 4.79 Å². The van der Waals surface area contributed by atoms with Crippen molar-refractivity contribution in [1.29, 1.82) is 0 Å². The molecule has 6 heteroatoms. The fourth-order valence-electron chi connectivity index (χ4n) is 1.71. The summed E-state index contributed by atoms with van der Waals surface area (Å²) in [6, 6.07) is 4.53. The van der Waals surface area contributed by atoms with Gasteiger partial charge >= 0.3 is 11.9 Å². The maximum absolute atomic E-state index is 10.7. The van der Waals surface area contributed by atoms with Gasteiger partial charge in [0, 0.05) is 6.42 Å². The first-order valence-corrected chi connectivity index (χ1v) is 5.31. The lowest BCUT2D eigenvalue weighted by molar-refractivity contribution is -0.147. The Morgan fingerprint density at radius 1 is 1.22 bits per heavy atom. The van der Waals surface area contributed by atoms with Crippen molar-refractivity contribution in [3.8, 4) is 0 Å². The van der Waals surface area contributed by atoms with Crippen molar-refractivity contribution in [3.63, 3.8) is 0 Å². The molecule has 98 valence electrons. The van der Waals surface area contributed by atoms with Crippen LogP contribution in [-0.2, 0) is 22.6 Å². The van der Waals surface area contributed by atoms with Crippen LogP contribution in [0.2, 0.25) is 0 Å². The van der Waals surface area contributed by atoms with Gasteiger partial charge in [0.1, 0.15) is 0 Å². The number of carboxylic acids is 2. The number of carboxylic acid groups (broad SMARTS) is 2. The van der Waals surface area contributed by atoms with Gasteiger partial charge in [-0.25, -0.2) is 4.79 Å². The summed E-state index contributed by atoms with van der Waals surface area (Å²) >= 11 is 0. The van der Waals surface area contributed by atoms with Crippen LogP contribution in [0.25, 0.3) is 0 Å². The topological polar surface area (TPSA) is 115 Å². The smallest absolute Gasteiger partial charge is 0.337 e. The van der Waals surface area contributed by atoms with Crippen LogP contribution >= 0.6 is 0 Å². The number of aliphatic hydroxyl groups is 2. The Labute approximate surface area is 103 Å². The quantitative estimate of drug-likeness (QED) is 0.581. The summed E-state index contributed by atoms with van der Waals surface area (Å²) in [7, 11) is 0. The molecule has 1 rings (SSSR count). The summed E-state index contributed by atoms with van der Waals surface area (Å²) in [5.41, 5.74) is 0.888. The van der Waals surface area contributed by atoms with E-state index in [1.165, 1.54) is 12.1 Å². The van der Waals surface area contributed by atoms with Gasteiger partial charge in [0.2, 0.25) is 0 Å². The second-order valence-electron chi connectivity index (χ2n) is 3.78. The molecule has 0 fully saturated rings. The van der Waals surface area contributed by atoms with Crippen molar-refractivity contribution < 1.29 is 30.0 Å². The molecule has 0 aliphatic rings. The molecular formula is C12H14O6. The summed E-state index contributed by atoms with van der Waals surface area (Å²) in [6.07, 6.45) is -1.68. The van der Waals surface area contributed by atoms with E-state index in [9.17, 15) is 19.8 Å². The summed E-state index contributed by atoms with van der Waals surface area (Å²) in [5.74, 6) is -2.40. The maximum Gasteiger partial charge on any atom is 0.337 e. The number of benzene rings is 1. The lowest BCUT2D eigenvalue weighted by Crippen LogP contribution is -2.14. The van der Waals surface area contributed by atoms with E-state index in [0.29, 0.717) is 5.56 Å². The number of aliphatic carboxylic acids is 2. The summed E-state index contributed by atoms with van der Waals surface area (Å²) in [4.78, 5) is 21.2. The van der Waals surface area contributed by atoms with E-state index in [1.54, 1.807) is 6.07 Å². The number of rotatable bonds is 6. The molecule has 0 bridgehead atoms.